The number of pyridine rings is 1. The summed E-state index contributed by atoms with van der Waals surface area (Å²) in [6.45, 7) is 1.11. The topological polar surface area (TPSA) is 82.5 Å². The minimum atomic E-state index is -3.49. The van der Waals surface area contributed by atoms with Gasteiger partial charge in [0, 0.05) is 25.9 Å². The lowest BCUT2D eigenvalue weighted by Gasteiger charge is -2.30. The molecule has 2 rings (SSSR count). The van der Waals surface area contributed by atoms with E-state index in [0.29, 0.717) is 18.8 Å². The largest absolute Gasteiger partial charge is 0.396 e. The van der Waals surface area contributed by atoms with Gasteiger partial charge in [0.2, 0.25) is 0 Å². The number of aliphatic hydroxyl groups excluding tert-OH is 1. The Balaban J connectivity index is 1.94. The van der Waals surface area contributed by atoms with E-state index in [9.17, 15) is 8.42 Å². The Kier molecular flexibility index (Phi) is 4.87. The summed E-state index contributed by atoms with van der Waals surface area (Å²) in [4.78, 5) is 4.07. The average Bonchev–Trinajstić information content (AvgIpc) is 2.46. The minimum absolute atomic E-state index is 0.0340. The van der Waals surface area contributed by atoms with Crippen molar-refractivity contribution in [3.05, 3.63) is 30.1 Å². The maximum atomic E-state index is 12.1. The molecule has 1 aliphatic rings. The van der Waals surface area contributed by atoms with Crippen LogP contribution in [-0.2, 0) is 16.8 Å². The molecule has 6 nitrogen and oxygen atoms in total. The van der Waals surface area contributed by atoms with Crippen molar-refractivity contribution in [2.75, 3.05) is 19.7 Å². The van der Waals surface area contributed by atoms with Crippen molar-refractivity contribution < 1.29 is 13.5 Å². The number of nitrogens with one attached hydrogen (secondary N) is 1. The molecule has 1 fully saturated rings. The standard InChI is InChI=1S/C12H19N3O3S/c16-10-11-4-3-7-15(9-11)19(17,18)14-8-12-5-1-2-6-13-12/h1-2,5-6,11,14,16H,3-4,7-10H2. The molecular formula is C12H19N3O3S. The van der Waals surface area contributed by atoms with Crippen molar-refractivity contribution in [1.82, 2.24) is 14.0 Å². The molecule has 1 aromatic rings. The first-order valence-corrected chi connectivity index (χ1v) is 7.81. The van der Waals surface area contributed by atoms with Gasteiger partial charge in [0.05, 0.1) is 12.2 Å². The molecular weight excluding hydrogens is 266 g/mol. The quantitative estimate of drug-likeness (QED) is 0.805. The Hall–Kier alpha value is -1.02. The maximum Gasteiger partial charge on any atom is 0.279 e. The molecule has 106 valence electrons. The Morgan fingerprint density at radius 2 is 2.32 bits per heavy atom. The van der Waals surface area contributed by atoms with E-state index in [4.69, 9.17) is 5.11 Å². The predicted molar refractivity (Wildman–Crippen MR) is 71.4 cm³/mol. The fourth-order valence-electron chi connectivity index (χ4n) is 2.15. The van der Waals surface area contributed by atoms with Crippen LogP contribution >= 0.6 is 0 Å². The van der Waals surface area contributed by atoms with Gasteiger partial charge in [-0.1, -0.05) is 6.07 Å². The van der Waals surface area contributed by atoms with E-state index < -0.39 is 10.2 Å². The summed E-state index contributed by atoms with van der Waals surface area (Å²) in [5.41, 5.74) is 0.682. The molecule has 0 bridgehead atoms. The van der Waals surface area contributed by atoms with E-state index in [0.717, 1.165) is 12.8 Å². The monoisotopic (exact) mass is 285 g/mol. The predicted octanol–water partition coefficient (Wildman–Crippen LogP) is 0.120. The van der Waals surface area contributed by atoms with Gasteiger partial charge < -0.3 is 5.11 Å². The van der Waals surface area contributed by atoms with Crippen molar-refractivity contribution in [3.63, 3.8) is 0 Å². The normalized spacial score (nSPS) is 21.4. The number of aromatic nitrogens is 1. The average molecular weight is 285 g/mol. The van der Waals surface area contributed by atoms with Crippen molar-refractivity contribution >= 4 is 10.2 Å². The van der Waals surface area contributed by atoms with Gasteiger partial charge >= 0.3 is 0 Å². The summed E-state index contributed by atoms with van der Waals surface area (Å²) < 4.78 is 28.2. The highest BCUT2D eigenvalue weighted by atomic mass is 32.2. The number of hydrogen-bond donors (Lipinski definition) is 2. The first kappa shape index (κ1) is 14.4. The Morgan fingerprint density at radius 3 is 3.00 bits per heavy atom. The molecule has 19 heavy (non-hydrogen) atoms. The zero-order valence-electron chi connectivity index (χ0n) is 10.7. The van der Waals surface area contributed by atoms with Crippen LogP contribution < -0.4 is 4.72 Å². The SMILES string of the molecule is O=S(=O)(NCc1ccccn1)N1CCCC(CO)C1. The number of piperidine rings is 1. The van der Waals surface area contributed by atoms with E-state index in [2.05, 4.69) is 9.71 Å². The molecule has 0 amide bonds. The zero-order chi connectivity index (χ0) is 13.7. The third-order valence-electron chi connectivity index (χ3n) is 3.24. The molecule has 1 saturated heterocycles. The molecule has 1 aliphatic heterocycles. The molecule has 1 atom stereocenters. The second-order valence-corrected chi connectivity index (χ2v) is 6.45. The molecule has 7 heteroatoms. The van der Waals surface area contributed by atoms with Gasteiger partial charge in [-0.25, -0.2) is 0 Å². The molecule has 0 spiro atoms. The van der Waals surface area contributed by atoms with E-state index in [-0.39, 0.29) is 19.1 Å². The molecule has 1 aromatic heterocycles. The van der Waals surface area contributed by atoms with Gasteiger partial charge in [0.25, 0.3) is 10.2 Å². The Bertz CT molecular complexity index is 492. The Labute approximate surface area is 113 Å². The van der Waals surface area contributed by atoms with Crippen LogP contribution in [0.15, 0.2) is 24.4 Å². The van der Waals surface area contributed by atoms with E-state index in [1.54, 1.807) is 18.3 Å². The van der Waals surface area contributed by atoms with E-state index >= 15 is 0 Å². The number of nitrogens with zero attached hydrogens (tertiary/aromatic N) is 2. The van der Waals surface area contributed by atoms with Crippen molar-refractivity contribution in [3.8, 4) is 0 Å². The van der Waals surface area contributed by atoms with Gasteiger partial charge in [-0.2, -0.15) is 17.4 Å². The molecule has 2 heterocycles. The molecule has 0 aromatic carbocycles. The number of rotatable bonds is 5. The molecule has 2 N–H and O–H groups in total. The third kappa shape index (κ3) is 3.97. The smallest absolute Gasteiger partial charge is 0.279 e. The van der Waals surface area contributed by atoms with Crippen LogP contribution in [0.25, 0.3) is 0 Å². The summed E-state index contributed by atoms with van der Waals surface area (Å²) in [6, 6.07) is 5.38. The number of aliphatic hydroxyl groups is 1. The highest BCUT2D eigenvalue weighted by Gasteiger charge is 2.28. The van der Waals surface area contributed by atoms with Crippen LogP contribution in [0.4, 0.5) is 0 Å². The van der Waals surface area contributed by atoms with Gasteiger partial charge in [-0.3, -0.25) is 4.98 Å². The minimum Gasteiger partial charge on any atom is -0.396 e. The first-order valence-electron chi connectivity index (χ1n) is 6.37. The van der Waals surface area contributed by atoms with Crippen LogP contribution in [0, 0.1) is 5.92 Å². The second-order valence-electron chi connectivity index (χ2n) is 4.70. The fourth-order valence-corrected chi connectivity index (χ4v) is 3.44. The maximum absolute atomic E-state index is 12.1. The molecule has 0 radical (unpaired) electrons. The third-order valence-corrected chi connectivity index (χ3v) is 4.76. The number of hydrogen-bond acceptors (Lipinski definition) is 4. The summed E-state index contributed by atoms with van der Waals surface area (Å²) in [5.74, 6) is 0.0418. The highest BCUT2D eigenvalue weighted by molar-refractivity contribution is 7.87. The fraction of sp³-hybridized carbons (Fsp3) is 0.583. The van der Waals surface area contributed by atoms with Crippen molar-refractivity contribution in [2.24, 2.45) is 5.92 Å². The van der Waals surface area contributed by atoms with Crippen LogP contribution in [0.1, 0.15) is 18.5 Å². The summed E-state index contributed by atoms with van der Waals surface area (Å²) in [6.07, 6.45) is 3.30. The highest BCUT2D eigenvalue weighted by Crippen LogP contribution is 2.18. The lowest BCUT2D eigenvalue weighted by molar-refractivity contribution is 0.164. The van der Waals surface area contributed by atoms with Crippen molar-refractivity contribution in [1.29, 1.82) is 0 Å². The molecule has 1 unspecified atom stereocenters. The van der Waals surface area contributed by atoms with Crippen molar-refractivity contribution in [2.45, 2.75) is 19.4 Å². The lowest BCUT2D eigenvalue weighted by atomic mass is 10.0. The molecule has 0 aliphatic carbocycles. The van der Waals surface area contributed by atoms with Crippen LogP contribution in [-0.4, -0.2) is 42.5 Å². The van der Waals surface area contributed by atoms with Crippen LogP contribution in [0.3, 0.4) is 0 Å². The van der Waals surface area contributed by atoms with Gasteiger partial charge in [0.15, 0.2) is 0 Å². The second kappa shape index (κ2) is 6.42. The summed E-state index contributed by atoms with van der Waals surface area (Å²) >= 11 is 0. The summed E-state index contributed by atoms with van der Waals surface area (Å²) in [7, 11) is -3.49. The lowest BCUT2D eigenvalue weighted by Crippen LogP contribution is -2.46. The van der Waals surface area contributed by atoms with Crippen LogP contribution in [0.5, 0.6) is 0 Å². The molecule has 0 saturated carbocycles. The van der Waals surface area contributed by atoms with Gasteiger partial charge in [-0.15, -0.1) is 0 Å². The van der Waals surface area contributed by atoms with Crippen LogP contribution in [0.2, 0.25) is 0 Å². The van der Waals surface area contributed by atoms with E-state index in [1.165, 1.54) is 4.31 Å². The van der Waals surface area contributed by atoms with Gasteiger partial charge in [0.1, 0.15) is 0 Å². The first-order chi connectivity index (χ1) is 9.12. The zero-order valence-corrected chi connectivity index (χ0v) is 11.5. The summed E-state index contributed by atoms with van der Waals surface area (Å²) in [5, 5.41) is 9.13. The Morgan fingerprint density at radius 1 is 1.47 bits per heavy atom. The van der Waals surface area contributed by atoms with E-state index in [1.807, 2.05) is 6.07 Å². The van der Waals surface area contributed by atoms with Gasteiger partial charge in [-0.05, 0) is 30.9 Å².